The lowest BCUT2D eigenvalue weighted by Gasteiger charge is -2.05. The number of rotatable bonds is 5. The second-order valence-corrected chi connectivity index (χ2v) is 7.31. The molecule has 22 heavy (non-hydrogen) atoms. The van der Waals surface area contributed by atoms with Crippen LogP contribution in [-0.4, -0.2) is 16.1 Å². The van der Waals surface area contributed by atoms with Crippen molar-refractivity contribution >= 4 is 17.7 Å². The zero-order chi connectivity index (χ0) is 15.7. The summed E-state index contributed by atoms with van der Waals surface area (Å²) in [6, 6.07) is 14.3. The van der Waals surface area contributed by atoms with Gasteiger partial charge in [0.15, 0.2) is 0 Å². The van der Waals surface area contributed by atoms with Gasteiger partial charge in [-0.15, -0.1) is 11.8 Å². The minimum Gasteiger partial charge on any atom is -0.481 e. The SMILES string of the molecule is CC1(C)[C@@H](C(=O)O)[C@@H]1c1ccc(SCc2ccccc2)nc1. The van der Waals surface area contributed by atoms with Gasteiger partial charge in [0.1, 0.15) is 0 Å². The molecule has 1 N–H and O–H groups in total. The summed E-state index contributed by atoms with van der Waals surface area (Å²) in [7, 11) is 0. The molecule has 1 heterocycles. The molecule has 0 bridgehead atoms. The van der Waals surface area contributed by atoms with Crippen molar-refractivity contribution in [2.24, 2.45) is 11.3 Å². The summed E-state index contributed by atoms with van der Waals surface area (Å²) in [5.41, 5.74) is 2.13. The number of nitrogens with zero attached hydrogens (tertiary/aromatic N) is 1. The number of carbonyl (C=O) groups is 1. The van der Waals surface area contributed by atoms with E-state index in [1.807, 2.05) is 50.4 Å². The van der Waals surface area contributed by atoms with E-state index in [0.29, 0.717) is 0 Å². The molecule has 2 atom stereocenters. The van der Waals surface area contributed by atoms with Gasteiger partial charge in [0.05, 0.1) is 10.9 Å². The lowest BCUT2D eigenvalue weighted by Crippen LogP contribution is -2.03. The molecular formula is C18H19NO2S. The topological polar surface area (TPSA) is 50.2 Å². The summed E-state index contributed by atoms with van der Waals surface area (Å²) in [6.07, 6.45) is 1.84. The van der Waals surface area contributed by atoms with Crippen LogP contribution in [0.25, 0.3) is 0 Å². The molecule has 3 nitrogen and oxygen atoms in total. The van der Waals surface area contributed by atoms with Crippen molar-refractivity contribution in [2.45, 2.75) is 30.5 Å². The number of pyridine rings is 1. The van der Waals surface area contributed by atoms with Gasteiger partial charge in [0.2, 0.25) is 0 Å². The largest absolute Gasteiger partial charge is 0.481 e. The molecule has 0 unspecified atom stereocenters. The molecule has 1 aliphatic rings. The fourth-order valence-electron chi connectivity index (χ4n) is 3.11. The van der Waals surface area contributed by atoms with Crippen LogP contribution in [-0.2, 0) is 10.5 Å². The summed E-state index contributed by atoms with van der Waals surface area (Å²) in [5, 5.41) is 10.2. The van der Waals surface area contributed by atoms with Crippen molar-refractivity contribution in [3.8, 4) is 0 Å². The Hall–Kier alpha value is -1.81. The van der Waals surface area contributed by atoms with Gasteiger partial charge in [-0.1, -0.05) is 50.2 Å². The van der Waals surface area contributed by atoms with Gasteiger partial charge in [0, 0.05) is 17.9 Å². The molecule has 0 saturated heterocycles. The van der Waals surface area contributed by atoms with Gasteiger partial charge in [-0.3, -0.25) is 4.79 Å². The van der Waals surface area contributed by atoms with Gasteiger partial charge >= 0.3 is 5.97 Å². The number of thioether (sulfide) groups is 1. The number of hydrogen-bond donors (Lipinski definition) is 1. The maximum Gasteiger partial charge on any atom is 0.307 e. The Bertz CT molecular complexity index is 667. The predicted molar refractivity (Wildman–Crippen MR) is 87.9 cm³/mol. The van der Waals surface area contributed by atoms with Gasteiger partial charge in [0.25, 0.3) is 0 Å². The molecule has 1 saturated carbocycles. The van der Waals surface area contributed by atoms with E-state index in [9.17, 15) is 9.90 Å². The molecule has 1 fully saturated rings. The van der Waals surface area contributed by atoms with Crippen LogP contribution in [0.5, 0.6) is 0 Å². The first-order chi connectivity index (χ1) is 10.5. The standard InChI is InChI=1S/C18H19NO2S/c1-18(2)15(16(18)17(20)21)13-8-9-14(19-10-13)22-11-12-6-4-3-5-7-12/h3-10,15-16H,11H2,1-2H3,(H,20,21)/t15-,16+/m0/s1. The van der Waals surface area contributed by atoms with Crippen LogP contribution < -0.4 is 0 Å². The van der Waals surface area contributed by atoms with Gasteiger partial charge in [-0.05, 0) is 22.6 Å². The van der Waals surface area contributed by atoms with E-state index in [1.54, 1.807) is 11.8 Å². The molecule has 0 aliphatic heterocycles. The number of aromatic nitrogens is 1. The van der Waals surface area contributed by atoms with E-state index >= 15 is 0 Å². The molecule has 2 aromatic rings. The molecule has 0 amide bonds. The lowest BCUT2D eigenvalue weighted by atomic mass is 10.1. The Kier molecular flexibility index (Phi) is 3.96. The number of benzene rings is 1. The Morgan fingerprint density at radius 2 is 1.95 bits per heavy atom. The van der Waals surface area contributed by atoms with E-state index in [-0.39, 0.29) is 17.3 Å². The fourth-order valence-corrected chi connectivity index (χ4v) is 3.91. The van der Waals surface area contributed by atoms with Crippen LogP contribution in [0, 0.1) is 11.3 Å². The lowest BCUT2D eigenvalue weighted by molar-refractivity contribution is -0.139. The summed E-state index contributed by atoms with van der Waals surface area (Å²) >= 11 is 1.69. The highest BCUT2D eigenvalue weighted by molar-refractivity contribution is 7.98. The van der Waals surface area contributed by atoms with Crippen LogP contribution >= 0.6 is 11.8 Å². The van der Waals surface area contributed by atoms with Crippen molar-refractivity contribution < 1.29 is 9.90 Å². The molecule has 0 radical (unpaired) electrons. The Balaban J connectivity index is 1.65. The van der Waals surface area contributed by atoms with Gasteiger partial charge in [-0.2, -0.15) is 0 Å². The first-order valence-corrected chi connectivity index (χ1v) is 8.34. The maximum absolute atomic E-state index is 11.3. The van der Waals surface area contributed by atoms with E-state index in [4.69, 9.17) is 0 Å². The fraction of sp³-hybridized carbons (Fsp3) is 0.333. The molecule has 114 valence electrons. The van der Waals surface area contributed by atoms with Gasteiger partial charge < -0.3 is 5.11 Å². The Morgan fingerprint density at radius 1 is 1.23 bits per heavy atom. The summed E-state index contributed by atoms with van der Waals surface area (Å²) in [4.78, 5) is 15.7. The minimum absolute atomic E-state index is 0.0747. The van der Waals surface area contributed by atoms with Crippen molar-refractivity contribution in [1.29, 1.82) is 0 Å². The van der Waals surface area contributed by atoms with Crippen LogP contribution in [0.1, 0.15) is 30.9 Å². The highest BCUT2D eigenvalue weighted by atomic mass is 32.2. The number of carboxylic acid groups (broad SMARTS) is 1. The van der Waals surface area contributed by atoms with Crippen LogP contribution in [0.2, 0.25) is 0 Å². The maximum atomic E-state index is 11.3. The van der Waals surface area contributed by atoms with E-state index < -0.39 is 5.97 Å². The summed E-state index contributed by atoms with van der Waals surface area (Å²) < 4.78 is 0. The number of carboxylic acids is 1. The minimum atomic E-state index is -0.711. The third-order valence-corrected chi connectivity index (χ3v) is 5.46. The van der Waals surface area contributed by atoms with Crippen LogP contribution in [0.15, 0.2) is 53.7 Å². The zero-order valence-electron chi connectivity index (χ0n) is 12.7. The third kappa shape index (κ3) is 2.88. The number of hydrogen-bond acceptors (Lipinski definition) is 3. The Labute approximate surface area is 134 Å². The van der Waals surface area contributed by atoms with Crippen molar-refractivity contribution in [1.82, 2.24) is 4.98 Å². The van der Waals surface area contributed by atoms with E-state index in [2.05, 4.69) is 17.1 Å². The Morgan fingerprint density at radius 3 is 2.50 bits per heavy atom. The quantitative estimate of drug-likeness (QED) is 0.841. The third-order valence-electron chi connectivity index (χ3n) is 4.44. The van der Waals surface area contributed by atoms with E-state index in [1.165, 1.54) is 5.56 Å². The molecule has 1 aliphatic carbocycles. The highest BCUT2D eigenvalue weighted by Gasteiger charge is 2.62. The second-order valence-electron chi connectivity index (χ2n) is 6.32. The monoisotopic (exact) mass is 313 g/mol. The predicted octanol–water partition coefficient (Wildman–Crippen LogP) is 4.20. The molecule has 0 spiro atoms. The van der Waals surface area contributed by atoms with Crippen molar-refractivity contribution in [3.63, 3.8) is 0 Å². The summed E-state index contributed by atoms with van der Waals surface area (Å²) in [5.74, 6) is -0.0415. The smallest absolute Gasteiger partial charge is 0.307 e. The first-order valence-electron chi connectivity index (χ1n) is 7.35. The highest BCUT2D eigenvalue weighted by Crippen LogP contribution is 2.64. The normalized spacial score (nSPS) is 22.3. The van der Waals surface area contributed by atoms with Crippen LogP contribution in [0.4, 0.5) is 0 Å². The summed E-state index contributed by atoms with van der Waals surface area (Å²) in [6.45, 7) is 4.02. The first kappa shape index (κ1) is 15.1. The average Bonchev–Trinajstić information content (AvgIpc) is 3.10. The zero-order valence-corrected chi connectivity index (χ0v) is 13.5. The average molecular weight is 313 g/mol. The second kappa shape index (κ2) is 5.76. The van der Waals surface area contributed by atoms with E-state index in [0.717, 1.165) is 16.3 Å². The van der Waals surface area contributed by atoms with Crippen molar-refractivity contribution in [2.75, 3.05) is 0 Å². The molecule has 4 heteroatoms. The van der Waals surface area contributed by atoms with Crippen LogP contribution in [0.3, 0.4) is 0 Å². The molecule has 1 aromatic heterocycles. The van der Waals surface area contributed by atoms with Gasteiger partial charge in [-0.25, -0.2) is 4.98 Å². The molecule has 1 aromatic carbocycles. The molecule has 3 rings (SSSR count). The molecular weight excluding hydrogens is 294 g/mol. The van der Waals surface area contributed by atoms with Crippen molar-refractivity contribution in [3.05, 3.63) is 59.8 Å². The number of aliphatic carboxylic acids is 1.